The number of carboxylic acid groups (broad SMARTS) is 1. The molecule has 1 saturated heterocycles. The quantitative estimate of drug-likeness (QED) is 0.819. The summed E-state index contributed by atoms with van der Waals surface area (Å²) in [7, 11) is 0. The second-order valence-corrected chi connectivity index (χ2v) is 6.44. The molecule has 2 unspecified atom stereocenters. The normalized spacial score (nSPS) is 23.0. The number of nitriles is 1. The fraction of sp³-hybridized carbons (Fsp3) is 0.786. The van der Waals surface area contributed by atoms with Crippen LogP contribution in [0.3, 0.4) is 0 Å². The highest BCUT2D eigenvalue weighted by molar-refractivity contribution is 5.76. The molecule has 0 aromatic heterocycles. The largest absolute Gasteiger partial charge is 0.481 e. The van der Waals surface area contributed by atoms with Crippen LogP contribution in [0.2, 0.25) is 0 Å². The molecule has 1 heterocycles. The van der Waals surface area contributed by atoms with Crippen LogP contribution in [0.15, 0.2) is 0 Å². The molecule has 0 aromatic rings. The minimum absolute atomic E-state index is 0.183. The summed E-state index contributed by atoms with van der Waals surface area (Å²) in [6, 6.07) is 1.86. The summed E-state index contributed by atoms with van der Waals surface area (Å²) in [6.45, 7) is 7.01. The second kappa shape index (κ2) is 6.60. The summed E-state index contributed by atoms with van der Waals surface area (Å²) in [5, 5.41) is 20.6. The Morgan fingerprint density at radius 1 is 1.45 bits per heavy atom. The van der Waals surface area contributed by atoms with E-state index in [0.29, 0.717) is 25.9 Å². The van der Waals surface area contributed by atoms with Crippen molar-refractivity contribution in [1.82, 2.24) is 10.2 Å². The molecule has 20 heavy (non-hydrogen) atoms. The number of hydrogen-bond acceptors (Lipinski definition) is 3. The number of rotatable bonds is 4. The Bertz CT molecular complexity index is 414. The molecule has 112 valence electrons. The maximum atomic E-state index is 12.1. The van der Waals surface area contributed by atoms with Crippen molar-refractivity contribution in [3.8, 4) is 6.07 Å². The standard InChI is InChI=1S/C14H23N3O3/c1-10-6-11(12(18)19)8-17(7-10)13(20)16-9-14(2,3)4-5-15/h10-11H,4,6-9H2,1-3H3,(H,16,20)(H,18,19). The average molecular weight is 281 g/mol. The van der Waals surface area contributed by atoms with Crippen molar-refractivity contribution in [3.05, 3.63) is 0 Å². The SMILES string of the molecule is CC1CC(C(=O)O)CN(C(=O)NCC(C)(C)CC#N)C1. The topological polar surface area (TPSA) is 93.4 Å². The molecule has 6 nitrogen and oxygen atoms in total. The van der Waals surface area contributed by atoms with Crippen LogP contribution < -0.4 is 5.32 Å². The molecule has 1 aliphatic heterocycles. The van der Waals surface area contributed by atoms with Gasteiger partial charge in [-0.1, -0.05) is 20.8 Å². The van der Waals surface area contributed by atoms with Gasteiger partial charge in [-0.3, -0.25) is 4.79 Å². The summed E-state index contributed by atoms with van der Waals surface area (Å²) in [4.78, 5) is 24.7. The third-order valence-electron chi connectivity index (χ3n) is 3.57. The van der Waals surface area contributed by atoms with Crippen molar-refractivity contribution < 1.29 is 14.7 Å². The fourth-order valence-corrected chi connectivity index (χ4v) is 2.40. The first-order valence-electron chi connectivity index (χ1n) is 6.87. The van der Waals surface area contributed by atoms with Crippen LogP contribution in [0.25, 0.3) is 0 Å². The van der Waals surface area contributed by atoms with Crippen LogP contribution in [-0.4, -0.2) is 41.6 Å². The highest BCUT2D eigenvalue weighted by Gasteiger charge is 2.32. The Morgan fingerprint density at radius 2 is 2.10 bits per heavy atom. The van der Waals surface area contributed by atoms with Gasteiger partial charge in [-0.05, 0) is 17.8 Å². The first-order chi connectivity index (χ1) is 9.25. The number of nitrogens with zero attached hydrogens (tertiary/aromatic N) is 2. The van der Waals surface area contributed by atoms with Crippen LogP contribution in [-0.2, 0) is 4.79 Å². The lowest BCUT2D eigenvalue weighted by atomic mass is 9.89. The Balaban J connectivity index is 2.54. The fourth-order valence-electron chi connectivity index (χ4n) is 2.40. The summed E-state index contributed by atoms with van der Waals surface area (Å²) in [6.07, 6.45) is 0.973. The van der Waals surface area contributed by atoms with E-state index in [-0.39, 0.29) is 23.9 Å². The van der Waals surface area contributed by atoms with Gasteiger partial charge in [-0.25, -0.2) is 4.79 Å². The van der Waals surface area contributed by atoms with Crippen molar-refractivity contribution in [1.29, 1.82) is 5.26 Å². The van der Waals surface area contributed by atoms with E-state index in [1.54, 1.807) is 4.90 Å². The number of urea groups is 1. The first kappa shape index (κ1) is 16.3. The Labute approximate surface area is 119 Å². The van der Waals surface area contributed by atoms with E-state index in [0.717, 1.165) is 0 Å². The monoisotopic (exact) mass is 281 g/mol. The van der Waals surface area contributed by atoms with Gasteiger partial charge < -0.3 is 15.3 Å². The molecular formula is C14H23N3O3. The zero-order valence-electron chi connectivity index (χ0n) is 12.3. The number of hydrogen-bond donors (Lipinski definition) is 2. The zero-order valence-corrected chi connectivity index (χ0v) is 12.3. The van der Waals surface area contributed by atoms with E-state index in [2.05, 4.69) is 11.4 Å². The lowest BCUT2D eigenvalue weighted by Gasteiger charge is -2.35. The van der Waals surface area contributed by atoms with Crippen LogP contribution >= 0.6 is 0 Å². The molecule has 1 aliphatic rings. The van der Waals surface area contributed by atoms with E-state index in [9.17, 15) is 9.59 Å². The summed E-state index contributed by atoms with van der Waals surface area (Å²) < 4.78 is 0. The highest BCUT2D eigenvalue weighted by atomic mass is 16.4. The molecule has 0 saturated carbocycles. The molecule has 1 fully saturated rings. The third kappa shape index (κ3) is 4.72. The number of carbonyl (C=O) groups excluding carboxylic acids is 1. The number of carboxylic acids is 1. The number of carbonyl (C=O) groups is 2. The second-order valence-electron chi connectivity index (χ2n) is 6.44. The summed E-state index contributed by atoms with van der Waals surface area (Å²) >= 11 is 0. The number of nitrogens with one attached hydrogen (secondary N) is 1. The molecule has 0 aliphatic carbocycles. The van der Waals surface area contributed by atoms with E-state index in [1.165, 1.54) is 0 Å². The number of amides is 2. The van der Waals surface area contributed by atoms with Crippen LogP contribution in [0.4, 0.5) is 4.79 Å². The maximum absolute atomic E-state index is 12.1. The van der Waals surface area contributed by atoms with E-state index in [4.69, 9.17) is 10.4 Å². The van der Waals surface area contributed by atoms with Gasteiger partial charge in [0.05, 0.1) is 12.0 Å². The van der Waals surface area contributed by atoms with Gasteiger partial charge >= 0.3 is 12.0 Å². The smallest absolute Gasteiger partial charge is 0.317 e. The Kier molecular flexibility index (Phi) is 5.37. The summed E-state index contributed by atoms with van der Waals surface area (Å²) in [5.41, 5.74) is -0.280. The first-order valence-corrected chi connectivity index (χ1v) is 6.87. The molecule has 2 amide bonds. The van der Waals surface area contributed by atoms with Crippen molar-refractivity contribution in [3.63, 3.8) is 0 Å². The lowest BCUT2D eigenvalue weighted by molar-refractivity contribution is -0.143. The minimum Gasteiger partial charge on any atom is -0.481 e. The van der Waals surface area contributed by atoms with Gasteiger partial charge in [0.2, 0.25) is 0 Å². The Morgan fingerprint density at radius 3 is 2.65 bits per heavy atom. The molecule has 0 radical (unpaired) electrons. The molecule has 0 spiro atoms. The zero-order chi connectivity index (χ0) is 15.3. The Hall–Kier alpha value is -1.77. The average Bonchev–Trinajstić information content (AvgIpc) is 2.35. The minimum atomic E-state index is -0.848. The molecule has 0 aromatic carbocycles. The van der Waals surface area contributed by atoms with Crippen LogP contribution in [0, 0.1) is 28.6 Å². The van der Waals surface area contributed by atoms with E-state index >= 15 is 0 Å². The molecule has 2 N–H and O–H groups in total. The molecule has 6 heteroatoms. The maximum Gasteiger partial charge on any atom is 0.317 e. The van der Waals surface area contributed by atoms with Crippen molar-refractivity contribution in [2.75, 3.05) is 19.6 Å². The predicted molar refractivity (Wildman–Crippen MR) is 73.9 cm³/mol. The number of likely N-dealkylation sites (tertiary alicyclic amines) is 1. The molecule has 2 atom stereocenters. The summed E-state index contributed by atoms with van der Waals surface area (Å²) in [5.74, 6) is -1.15. The van der Waals surface area contributed by atoms with Gasteiger partial charge in [0, 0.05) is 26.1 Å². The van der Waals surface area contributed by atoms with Crippen LogP contribution in [0.5, 0.6) is 0 Å². The van der Waals surface area contributed by atoms with Gasteiger partial charge in [0.1, 0.15) is 0 Å². The van der Waals surface area contributed by atoms with E-state index in [1.807, 2.05) is 20.8 Å². The third-order valence-corrected chi connectivity index (χ3v) is 3.57. The highest BCUT2D eigenvalue weighted by Crippen LogP contribution is 2.22. The van der Waals surface area contributed by atoms with E-state index < -0.39 is 11.9 Å². The predicted octanol–water partition coefficient (Wildman–Crippen LogP) is 1.68. The molecule has 1 rings (SSSR count). The van der Waals surface area contributed by atoms with Gasteiger partial charge in [-0.15, -0.1) is 0 Å². The number of piperidine rings is 1. The van der Waals surface area contributed by atoms with Gasteiger partial charge in [-0.2, -0.15) is 5.26 Å². The van der Waals surface area contributed by atoms with Crippen molar-refractivity contribution >= 4 is 12.0 Å². The lowest BCUT2D eigenvalue weighted by Crippen LogP contribution is -2.50. The molecule has 0 bridgehead atoms. The van der Waals surface area contributed by atoms with Crippen molar-refractivity contribution in [2.24, 2.45) is 17.3 Å². The van der Waals surface area contributed by atoms with Crippen molar-refractivity contribution in [2.45, 2.75) is 33.6 Å². The van der Waals surface area contributed by atoms with Gasteiger partial charge in [0.15, 0.2) is 0 Å². The van der Waals surface area contributed by atoms with Crippen LogP contribution in [0.1, 0.15) is 33.6 Å². The molecular weight excluding hydrogens is 258 g/mol. The van der Waals surface area contributed by atoms with Gasteiger partial charge in [0.25, 0.3) is 0 Å². The number of aliphatic carboxylic acids is 1.